The maximum absolute atomic E-state index is 12.1. The monoisotopic (exact) mass is 383 g/mol. The van der Waals surface area contributed by atoms with Gasteiger partial charge in [0, 0.05) is 20.6 Å². The average molecular weight is 385 g/mol. The van der Waals surface area contributed by atoms with Gasteiger partial charge in [-0.05, 0) is 46.3 Å². The van der Waals surface area contributed by atoms with Crippen LogP contribution in [0.25, 0.3) is 0 Å². The zero-order chi connectivity index (χ0) is 13.8. The number of hydrogen-bond acceptors (Lipinski definition) is 2. The number of halogens is 2. The summed E-state index contributed by atoms with van der Waals surface area (Å²) in [6.07, 6.45) is 0. The Balaban J connectivity index is 2.23. The molecule has 0 unspecified atom stereocenters. The summed E-state index contributed by atoms with van der Waals surface area (Å²) in [5, 5.41) is 2.84. The fourth-order valence-electron chi connectivity index (χ4n) is 1.55. The summed E-state index contributed by atoms with van der Waals surface area (Å²) in [6.45, 7) is 0. The van der Waals surface area contributed by atoms with Crippen molar-refractivity contribution in [1.29, 1.82) is 0 Å². The van der Waals surface area contributed by atoms with Gasteiger partial charge in [0.1, 0.15) is 5.75 Å². The molecule has 0 aliphatic rings. The summed E-state index contributed by atoms with van der Waals surface area (Å²) in [6, 6.07) is 12.6. The van der Waals surface area contributed by atoms with Gasteiger partial charge in [0.25, 0.3) is 5.91 Å². The number of carbonyl (C=O) groups excluding carboxylic acids is 1. The van der Waals surface area contributed by atoms with Gasteiger partial charge in [0.05, 0.1) is 12.8 Å². The largest absolute Gasteiger partial charge is 0.497 e. The summed E-state index contributed by atoms with van der Waals surface area (Å²) >= 11 is 6.74. The summed E-state index contributed by atoms with van der Waals surface area (Å²) < 4.78 is 6.80. The number of rotatable bonds is 3. The number of carbonyl (C=O) groups is 1. The minimum atomic E-state index is -0.171. The molecular weight excluding hydrogens is 374 g/mol. The molecule has 5 heteroatoms. The number of nitrogens with one attached hydrogen (secondary N) is 1. The number of anilines is 1. The Morgan fingerprint density at radius 2 is 1.95 bits per heavy atom. The summed E-state index contributed by atoms with van der Waals surface area (Å²) in [4.78, 5) is 12.1. The highest BCUT2D eigenvalue weighted by molar-refractivity contribution is 9.10. The van der Waals surface area contributed by atoms with Gasteiger partial charge in [0.2, 0.25) is 0 Å². The molecule has 2 aromatic carbocycles. The van der Waals surface area contributed by atoms with Crippen molar-refractivity contribution in [2.75, 3.05) is 12.4 Å². The molecule has 19 heavy (non-hydrogen) atoms. The fourth-order valence-corrected chi connectivity index (χ4v) is 2.30. The Morgan fingerprint density at radius 1 is 1.16 bits per heavy atom. The highest BCUT2D eigenvalue weighted by Crippen LogP contribution is 2.27. The third-order valence-electron chi connectivity index (χ3n) is 2.51. The van der Waals surface area contributed by atoms with E-state index in [-0.39, 0.29) is 5.91 Å². The highest BCUT2D eigenvalue weighted by atomic mass is 79.9. The first kappa shape index (κ1) is 14.1. The molecule has 2 aromatic rings. The van der Waals surface area contributed by atoms with Crippen LogP contribution in [0, 0.1) is 0 Å². The lowest BCUT2D eigenvalue weighted by atomic mass is 10.2. The topological polar surface area (TPSA) is 38.3 Å². The molecule has 0 aromatic heterocycles. The Labute approximate surface area is 128 Å². The van der Waals surface area contributed by atoms with Crippen LogP contribution in [-0.4, -0.2) is 13.0 Å². The molecule has 0 saturated carbocycles. The zero-order valence-corrected chi connectivity index (χ0v) is 13.3. The summed E-state index contributed by atoms with van der Waals surface area (Å²) in [5.74, 6) is 0.517. The van der Waals surface area contributed by atoms with E-state index < -0.39 is 0 Å². The Kier molecular flexibility index (Phi) is 4.61. The molecule has 0 bridgehead atoms. The van der Waals surface area contributed by atoms with Crippen molar-refractivity contribution < 1.29 is 9.53 Å². The van der Waals surface area contributed by atoms with E-state index in [1.165, 1.54) is 0 Å². The van der Waals surface area contributed by atoms with Gasteiger partial charge in [-0.15, -0.1) is 0 Å². The van der Waals surface area contributed by atoms with E-state index in [1.807, 2.05) is 24.3 Å². The van der Waals surface area contributed by atoms with E-state index in [0.717, 1.165) is 8.95 Å². The molecule has 0 saturated heterocycles. The molecule has 2 rings (SSSR count). The first-order chi connectivity index (χ1) is 9.10. The van der Waals surface area contributed by atoms with E-state index in [4.69, 9.17) is 4.74 Å². The van der Waals surface area contributed by atoms with Gasteiger partial charge >= 0.3 is 0 Å². The third-order valence-corrected chi connectivity index (χ3v) is 3.69. The van der Waals surface area contributed by atoms with Crippen LogP contribution in [0.5, 0.6) is 5.75 Å². The summed E-state index contributed by atoms with van der Waals surface area (Å²) in [7, 11) is 1.59. The van der Waals surface area contributed by atoms with Gasteiger partial charge in [-0.2, -0.15) is 0 Å². The SMILES string of the molecule is COc1ccc(Br)c(NC(=O)c2cccc(Br)c2)c1. The number of methoxy groups -OCH3 is 1. The quantitative estimate of drug-likeness (QED) is 0.847. The van der Waals surface area contributed by atoms with Crippen LogP contribution in [0.2, 0.25) is 0 Å². The highest BCUT2D eigenvalue weighted by Gasteiger charge is 2.09. The van der Waals surface area contributed by atoms with Crippen LogP contribution in [0.3, 0.4) is 0 Å². The Morgan fingerprint density at radius 3 is 2.63 bits per heavy atom. The second-order valence-corrected chi connectivity index (χ2v) is 5.58. The molecule has 0 aliphatic heterocycles. The lowest BCUT2D eigenvalue weighted by Gasteiger charge is -2.09. The second-order valence-electron chi connectivity index (χ2n) is 3.81. The first-order valence-corrected chi connectivity index (χ1v) is 7.09. The van der Waals surface area contributed by atoms with Gasteiger partial charge in [-0.1, -0.05) is 22.0 Å². The number of amides is 1. The molecular formula is C14H11Br2NO2. The van der Waals surface area contributed by atoms with Crippen molar-refractivity contribution in [3.8, 4) is 5.75 Å². The number of hydrogen-bond donors (Lipinski definition) is 1. The Bertz CT molecular complexity index is 614. The minimum absolute atomic E-state index is 0.171. The van der Waals surface area contributed by atoms with Crippen molar-refractivity contribution in [3.63, 3.8) is 0 Å². The van der Waals surface area contributed by atoms with Crippen LogP contribution in [0.15, 0.2) is 51.4 Å². The van der Waals surface area contributed by atoms with E-state index >= 15 is 0 Å². The van der Waals surface area contributed by atoms with Gasteiger partial charge in [0.15, 0.2) is 0 Å². The normalized spacial score (nSPS) is 10.1. The standard InChI is InChI=1S/C14H11Br2NO2/c1-19-11-5-6-12(16)13(8-11)17-14(18)9-3-2-4-10(15)7-9/h2-8H,1H3,(H,17,18). The first-order valence-electron chi connectivity index (χ1n) is 5.50. The van der Waals surface area contributed by atoms with E-state index in [0.29, 0.717) is 17.0 Å². The molecule has 0 spiro atoms. The second kappa shape index (κ2) is 6.21. The van der Waals surface area contributed by atoms with Crippen molar-refractivity contribution in [2.24, 2.45) is 0 Å². The van der Waals surface area contributed by atoms with Crippen molar-refractivity contribution in [3.05, 3.63) is 57.0 Å². The molecule has 1 N–H and O–H groups in total. The predicted octanol–water partition coefficient (Wildman–Crippen LogP) is 4.47. The van der Waals surface area contributed by atoms with Crippen LogP contribution in [0.4, 0.5) is 5.69 Å². The molecule has 0 heterocycles. The smallest absolute Gasteiger partial charge is 0.255 e. The van der Waals surface area contributed by atoms with Crippen molar-refractivity contribution in [1.82, 2.24) is 0 Å². The third kappa shape index (κ3) is 3.58. The lowest BCUT2D eigenvalue weighted by molar-refractivity contribution is 0.102. The maximum Gasteiger partial charge on any atom is 0.255 e. The lowest BCUT2D eigenvalue weighted by Crippen LogP contribution is -2.12. The van der Waals surface area contributed by atoms with Crippen LogP contribution in [0.1, 0.15) is 10.4 Å². The zero-order valence-electron chi connectivity index (χ0n) is 10.1. The maximum atomic E-state index is 12.1. The number of benzene rings is 2. The predicted molar refractivity (Wildman–Crippen MR) is 82.8 cm³/mol. The summed E-state index contributed by atoms with van der Waals surface area (Å²) in [5.41, 5.74) is 1.26. The van der Waals surface area contributed by atoms with Crippen LogP contribution >= 0.6 is 31.9 Å². The van der Waals surface area contributed by atoms with E-state index in [9.17, 15) is 4.79 Å². The van der Waals surface area contributed by atoms with Crippen LogP contribution < -0.4 is 10.1 Å². The average Bonchev–Trinajstić information content (AvgIpc) is 2.41. The fraction of sp³-hybridized carbons (Fsp3) is 0.0714. The van der Waals surface area contributed by atoms with Crippen molar-refractivity contribution in [2.45, 2.75) is 0 Å². The molecule has 3 nitrogen and oxygen atoms in total. The van der Waals surface area contributed by atoms with E-state index in [2.05, 4.69) is 37.2 Å². The number of ether oxygens (including phenoxy) is 1. The van der Waals surface area contributed by atoms with Gasteiger partial charge < -0.3 is 10.1 Å². The van der Waals surface area contributed by atoms with Crippen molar-refractivity contribution >= 4 is 43.5 Å². The molecule has 0 aliphatic carbocycles. The van der Waals surface area contributed by atoms with Gasteiger partial charge in [-0.25, -0.2) is 0 Å². The molecule has 1 amide bonds. The molecule has 98 valence electrons. The Hall–Kier alpha value is -1.33. The van der Waals surface area contributed by atoms with Gasteiger partial charge in [-0.3, -0.25) is 4.79 Å². The van der Waals surface area contributed by atoms with E-state index in [1.54, 1.807) is 25.3 Å². The minimum Gasteiger partial charge on any atom is -0.497 e. The molecule has 0 fully saturated rings. The van der Waals surface area contributed by atoms with Crippen LogP contribution in [-0.2, 0) is 0 Å². The molecule has 0 atom stereocenters. The molecule has 0 radical (unpaired) electrons.